The number of nitrogens with one attached hydrogen (secondary N) is 1. The van der Waals surface area contributed by atoms with Gasteiger partial charge in [0, 0.05) is 0 Å². The van der Waals surface area contributed by atoms with Gasteiger partial charge in [-0.05, 0) is 25.9 Å². The fourth-order valence-corrected chi connectivity index (χ4v) is 0.625. The average molecular weight is 167 g/mol. The van der Waals surface area contributed by atoms with Gasteiger partial charge in [0.1, 0.15) is 0 Å². The third-order valence-corrected chi connectivity index (χ3v) is 0.957. The van der Waals surface area contributed by atoms with E-state index in [4.69, 9.17) is 0 Å². The van der Waals surface area contributed by atoms with E-state index >= 15 is 0 Å². The molecule has 1 aliphatic rings. The number of hydrogen-bond donors (Lipinski definition) is 3. The summed E-state index contributed by atoms with van der Waals surface area (Å²) < 4.78 is 18.4. The molecule has 62 valence electrons. The maximum absolute atomic E-state index is 9.19. The van der Waals surface area contributed by atoms with Gasteiger partial charge < -0.3 is 5.32 Å². The molecule has 6 heteroatoms. The molecule has 0 unspecified atom stereocenters. The molecule has 0 spiro atoms. The zero-order valence-electron chi connectivity index (χ0n) is 5.71. The zero-order chi connectivity index (χ0) is 8.04. The van der Waals surface area contributed by atoms with E-state index in [0.29, 0.717) is 0 Å². The van der Waals surface area contributed by atoms with Crippen molar-refractivity contribution >= 4 is 10.2 Å². The Morgan fingerprint density at radius 2 is 1.40 bits per heavy atom. The van der Waals surface area contributed by atoms with Crippen LogP contribution in [0, 0.1) is 0 Å². The lowest BCUT2D eigenvalue weighted by Gasteiger charge is -1.76. The molecule has 5 nitrogen and oxygen atoms in total. The number of hydrogen-bond acceptors (Lipinski definition) is 3. The molecule has 0 aromatic rings. The fourth-order valence-electron chi connectivity index (χ4n) is 0.625. The highest BCUT2D eigenvalue weighted by Crippen LogP contribution is 1.90. The highest BCUT2D eigenvalue weighted by Gasteiger charge is 1.93. The van der Waals surface area contributed by atoms with Crippen molar-refractivity contribution in [2.75, 3.05) is 13.1 Å². The number of nitrogens with two attached hydrogens (primary N) is 2. The van der Waals surface area contributed by atoms with Crippen LogP contribution in [-0.4, -0.2) is 21.5 Å². The summed E-state index contributed by atoms with van der Waals surface area (Å²) in [6.07, 6.45) is 2.78. The molecule has 1 fully saturated rings. The van der Waals surface area contributed by atoms with Crippen LogP contribution in [-0.2, 0) is 10.2 Å². The first-order valence-corrected chi connectivity index (χ1v) is 4.62. The van der Waals surface area contributed by atoms with Crippen LogP contribution in [0.2, 0.25) is 0 Å². The lowest BCUT2D eigenvalue weighted by Crippen LogP contribution is -2.21. The summed E-state index contributed by atoms with van der Waals surface area (Å²) in [4.78, 5) is 0. The van der Waals surface area contributed by atoms with Crippen molar-refractivity contribution in [1.29, 1.82) is 0 Å². The van der Waals surface area contributed by atoms with E-state index in [1.807, 2.05) is 0 Å². The van der Waals surface area contributed by atoms with Crippen molar-refractivity contribution in [2.24, 2.45) is 10.3 Å². The van der Waals surface area contributed by atoms with Crippen molar-refractivity contribution in [3.05, 3.63) is 0 Å². The summed E-state index contributed by atoms with van der Waals surface area (Å²) >= 11 is 0. The molecule has 0 saturated carbocycles. The second kappa shape index (κ2) is 4.62. The Bertz CT molecular complexity index is 146. The second-order valence-corrected chi connectivity index (χ2v) is 3.22. The molecular formula is C4H13N3O2S. The molecule has 0 aromatic heterocycles. The van der Waals surface area contributed by atoms with E-state index in [9.17, 15) is 8.42 Å². The van der Waals surface area contributed by atoms with Gasteiger partial charge in [0.15, 0.2) is 0 Å². The lowest BCUT2D eigenvalue weighted by atomic mass is 10.4. The van der Waals surface area contributed by atoms with Crippen molar-refractivity contribution in [3.8, 4) is 0 Å². The van der Waals surface area contributed by atoms with Crippen LogP contribution in [0.15, 0.2) is 0 Å². The van der Waals surface area contributed by atoms with Gasteiger partial charge in [0.25, 0.3) is 10.2 Å². The van der Waals surface area contributed by atoms with Gasteiger partial charge in [-0.25, -0.2) is 10.3 Å². The maximum Gasteiger partial charge on any atom is 0.271 e. The first kappa shape index (κ1) is 9.83. The molecule has 10 heavy (non-hydrogen) atoms. The largest absolute Gasteiger partial charge is 0.317 e. The Balaban J connectivity index is 0.000000162. The number of rotatable bonds is 0. The SMILES string of the molecule is C1CCNC1.NS(N)(=O)=O. The lowest BCUT2D eigenvalue weighted by molar-refractivity contribution is 0.599. The van der Waals surface area contributed by atoms with Crippen LogP contribution in [0.25, 0.3) is 0 Å². The van der Waals surface area contributed by atoms with Crippen molar-refractivity contribution in [3.63, 3.8) is 0 Å². The summed E-state index contributed by atoms with van der Waals surface area (Å²) in [6.45, 7) is 2.50. The standard InChI is InChI=1S/C4H9N.H4N2O2S/c1-2-4-5-3-1;1-5(2,3)4/h5H,1-4H2;(H4,1,2,3,4). The Hall–Kier alpha value is -0.170. The third kappa shape index (κ3) is 15.7. The summed E-state index contributed by atoms with van der Waals surface area (Å²) in [5.74, 6) is 0. The van der Waals surface area contributed by atoms with Gasteiger partial charge >= 0.3 is 0 Å². The van der Waals surface area contributed by atoms with E-state index in [1.54, 1.807) is 0 Å². The molecule has 0 radical (unpaired) electrons. The van der Waals surface area contributed by atoms with Crippen molar-refractivity contribution in [1.82, 2.24) is 5.32 Å². The molecule has 1 heterocycles. The molecule has 0 bridgehead atoms. The Morgan fingerprint density at radius 3 is 1.50 bits per heavy atom. The first-order valence-electron chi connectivity index (χ1n) is 3.01. The van der Waals surface area contributed by atoms with E-state index < -0.39 is 10.2 Å². The predicted octanol–water partition coefficient (Wildman–Crippen LogP) is -1.48. The summed E-state index contributed by atoms with van der Waals surface area (Å²) in [7, 11) is -3.67. The third-order valence-electron chi connectivity index (χ3n) is 0.957. The molecule has 5 N–H and O–H groups in total. The summed E-state index contributed by atoms with van der Waals surface area (Å²) in [5, 5.41) is 11.4. The molecule has 0 atom stereocenters. The predicted molar refractivity (Wildman–Crippen MR) is 39.4 cm³/mol. The summed E-state index contributed by atoms with van der Waals surface area (Å²) in [6, 6.07) is 0. The van der Waals surface area contributed by atoms with E-state index in [2.05, 4.69) is 15.6 Å². The minimum atomic E-state index is -3.67. The van der Waals surface area contributed by atoms with Gasteiger partial charge in [-0.2, -0.15) is 8.42 Å². The van der Waals surface area contributed by atoms with E-state index in [0.717, 1.165) is 0 Å². The van der Waals surface area contributed by atoms with Crippen LogP contribution in [0.5, 0.6) is 0 Å². The van der Waals surface area contributed by atoms with Crippen molar-refractivity contribution in [2.45, 2.75) is 12.8 Å². The molecular weight excluding hydrogens is 154 g/mol. The van der Waals surface area contributed by atoms with Crippen molar-refractivity contribution < 1.29 is 8.42 Å². The van der Waals surface area contributed by atoms with Gasteiger partial charge in [-0.3, -0.25) is 0 Å². The highest BCUT2D eigenvalue weighted by molar-refractivity contribution is 7.86. The van der Waals surface area contributed by atoms with Crippen LogP contribution in [0.4, 0.5) is 0 Å². The zero-order valence-corrected chi connectivity index (χ0v) is 6.52. The minimum absolute atomic E-state index is 1.25. The van der Waals surface area contributed by atoms with Gasteiger partial charge in [0.05, 0.1) is 0 Å². The minimum Gasteiger partial charge on any atom is -0.317 e. The first-order chi connectivity index (χ1) is 4.50. The maximum atomic E-state index is 9.19. The molecule has 0 aliphatic carbocycles. The molecule has 1 aliphatic heterocycles. The van der Waals surface area contributed by atoms with Gasteiger partial charge in [-0.1, -0.05) is 0 Å². The molecule has 1 rings (SSSR count). The second-order valence-electron chi connectivity index (χ2n) is 2.05. The molecule has 0 amide bonds. The highest BCUT2D eigenvalue weighted by atomic mass is 32.2. The van der Waals surface area contributed by atoms with Crippen LogP contribution in [0.3, 0.4) is 0 Å². The van der Waals surface area contributed by atoms with Crippen LogP contribution in [0.1, 0.15) is 12.8 Å². The smallest absolute Gasteiger partial charge is 0.271 e. The van der Waals surface area contributed by atoms with Crippen LogP contribution >= 0.6 is 0 Å². The topological polar surface area (TPSA) is 98.2 Å². The quantitative estimate of drug-likeness (QED) is 0.410. The molecule has 1 saturated heterocycles. The van der Waals surface area contributed by atoms with Crippen LogP contribution < -0.4 is 15.6 Å². The normalized spacial score (nSPS) is 17.8. The Labute approximate surface area is 61.0 Å². The van der Waals surface area contributed by atoms with Gasteiger partial charge in [0.2, 0.25) is 0 Å². The molecule has 0 aromatic carbocycles. The van der Waals surface area contributed by atoms with Gasteiger partial charge in [-0.15, -0.1) is 0 Å². The van der Waals surface area contributed by atoms with E-state index in [1.165, 1.54) is 25.9 Å². The fraction of sp³-hybridized carbons (Fsp3) is 1.00. The Morgan fingerprint density at radius 1 is 1.10 bits per heavy atom. The monoisotopic (exact) mass is 167 g/mol. The Kier molecular flexibility index (Phi) is 4.54. The van der Waals surface area contributed by atoms with E-state index in [-0.39, 0.29) is 0 Å². The average Bonchev–Trinajstić information content (AvgIpc) is 2.07. The summed E-state index contributed by atoms with van der Waals surface area (Å²) in [5.41, 5.74) is 0.